The molecule has 3 heteroatoms. The van der Waals surface area contributed by atoms with Crippen LogP contribution in [-0.4, -0.2) is 9.97 Å². The third-order valence-corrected chi connectivity index (χ3v) is 2.21. The molecule has 0 saturated carbocycles. The first-order valence-corrected chi connectivity index (χ1v) is 4.62. The molecule has 2 heterocycles. The van der Waals surface area contributed by atoms with Gasteiger partial charge in [0.25, 0.3) is 0 Å². The Bertz CT molecular complexity index is 368. The summed E-state index contributed by atoms with van der Waals surface area (Å²) in [6.45, 7) is 1.98. The van der Waals surface area contributed by atoms with E-state index in [9.17, 15) is 0 Å². The molecule has 2 nitrogen and oxygen atoms in total. The average Bonchev–Trinajstić information content (AvgIpc) is 2.56. The second-order valence-corrected chi connectivity index (χ2v) is 3.28. The number of aryl methyl sites for hydroxylation is 1. The van der Waals surface area contributed by atoms with Gasteiger partial charge >= 0.3 is 0 Å². The predicted octanol–water partition coefficient (Wildman–Crippen LogP) is 2.51. The highest BCUT2D eigenvalue weighted by Gasteiger charge is 1.98. The molecule has 0 aromatic carbocycles. The number of hydrogen-bond acceptors (Lipinski definition) is 3. The molecular formula is C9H8N2S. The molecule has 0 aliphatic carbocycles. The summed E-state index contributed by atoms with van der Waals surface area (Å²) in [5.74, 6) is 0. The van der Waals surface area contributed by atoms with Crippen LogP contribution in [-0.2, 0) is 0 Å². The summed E-state index contributed by atoms with van der Waals surface area (Å²) >= 11 is 1.61. The molecule has 0 aliphatic heterocycles. The van der Waals surface area contributed by atoms with Crippen LogP contribution in [0, 0.1) is 6.92 Å². The smallest absolute Gasteiger partial charge is 0.0812 e. The molecule has 60 valence electrons. The highest BCUT2D eigenvalue weighted by Crippen LogP contribution is 2.18. The van der Waals surface area contributed by atoms with Crippen LogP contribution in [0.3, 0.4) is 0 Å². The molecule has 12 heavy (non-hydrogen) atoms. The van der Waals surface area contributed by atoms with Crippen LogP contribution in [0.2, 0.25) is 0 Å². The molecule has 0 radical (unpaired) electrons. The zero-order valence-electron chi connectivity index (χ0n) is 6.69. The van der Waals surface area contributed by atoms with Gasteiger partial charge in [-0.3, -0.25) is 4.98 Å². The van der Waals surface area contributed by atoms with Crippen LogP contribution in [0.5, 0.6) is 0 Å². The van der Waals surface area contributed by atoms with E-state index in [1.54, 1.807) is 11.3 Å². The van der Waals surface area contributed by atoms with E-state index in [4.69, 9.17) is 0 Å². The van der Waals surface area contributed by atoms with Gasteiger partial charge in [-0.15, -0.1) is 11.3 Å². The third kappa shape index (κ3) is 1.36. The maximum Gasteiger partial charge on any atom is 0.0812 e. The Morgan fingerprint density at radius 2 is 2.25 bits per heavy atom. The van der Waals surface area contributed by atoms with Crippen LogP contribution >= 0.6 is 11.3 Å². The summed E-state index contributed by atoms with van der Waals surface area (Å²) < 4.78 is 0. The van der Waals surface area contributed by atoms with E-state index in [0.717, 1.165) is 17.0 Å². The first-order chi connectivity index (χ1) is 5.86. The first kappa shape index (κ1) is 7.43. The lowest BCUT2D eigenvalue weighted by Crippen LogP contribution is -1.81. The van der Waals surface area contributed by atoms with Crippen LogP contribution in [0.25, 0.3) is 11.3 Å². The second kappa shape index (κ2) is 3.03. The van der Waals surface area contributed by atoms with Gasteiger partial charge in [0.1, 0.15) is 0 Å². The van der Waals surface area contributed by atoms with Crippen molar-refractivity contribution in [1.82, 2.24) is 9.97 Å². The van der Waals surface area contributed by atoms with Crippen LogP contribution in [0.1, 0.15) is 5.69 Å². The Balaban J connectivity index is 2.48. The van der Waals surface area contributed by atoms with Gasteiger partial charge in [0.05, 0.1) is 11.2 Å². The Morgan fingerprint density at radius 1 is 1.33 bits per heavy atom. The number of aromatic nitrogens is 2. The van der Waals surface area contributed by atoms with Crippen LogP contribution in [0.15, 0.2) is 29.2 Å². The molecule has 0 unspecified atom stereocenters. The van der Waals surface area contributed by atoms with E-state index in [1.807, 2.05) is 36.1 Å². The van der Waals surface area contributed by atoms with Crippen molar-refractivity contribution in [2.75, 3.05) is 0 Å². The van der Waals surface area contributed by atoms with Crippen molar-refractivity contribution < 1.29 is 0 Å². The number of hydrogen-bond donors (Lipinski definition) is 0. The third-order valence-electron chi connectivity index (χ3n) is 1.62. The zero-order chi connectivity index (χ0) is 8.39. The van der Waals surface area contributed by atoms with Crippen molar-refractivity contribution in [3.05, 3.63) is 34.9 Å². The number of nitrogens with zero attached hydrogens (tertiary/aromatic N) is 2. The molecule has 2 rings (SSSR count). The minimum atomic E-state index is 1.03. The van der Waals surface area contributed by atoms with Crippen LogP contribution in [0.4, 0.5) is 0 Å². The standard InChI is InChI=1S/C9H8N2S/c1-7-4-8(2-3-10-7)9-5-12-6-11-9/h2-6H,1H3. The van der Waals surface area contributed by atoms with E-state index in [0.29, 0.717) is 0 Å². The fraction of sp³-hybridized carbons (Fsp3) is 0.111. The van der Waals surface area contributed by atoms with Crippen LogP contribution < -0.4 is 0 Å². The van der Waals surface area contributed by atoms with Gasteiger partial charge in [0.15, 0.2) is 0 Å². The van der Waals surface area contributed by atoms with Gasteiger partial charge < -0.3 is 0 Å². The summed E-state index contributed by atoms with van der Waals surface area (Å²) in [6, 6.07) is 4.01. The molecule has 0 amide bonds. The Hall–Kier alpha value is -1.22. The quantitative estimate of drug-likeness (QED) is 0.667. The Labute approximate surface area is 74.9 Å². The highest BCUT2D eigenvalue weighted by molar-refractivity contribution is 7.07. The van der Waals surface area contributed by atoms with Crippen molar-refractivity contribution in [3.8, 4) is 11.3 Å². The first-order valence-electron chi connectivity index (χ1n) is 3.67. The summed E-state index contributed by atoms with van der Waals surface area (Å²) in [6.07, 6.45) is 1.81. The van der Waals surface area contributed by atoms with E-state index >= 15 is 0 Å². The normalized spacial score (nSPS) is 10.1. The predicted molar refractivity (Wildman–Crippen MR) is 50.1 cm³/mol. The summed E-state index contributed by atoms with van der Waals surface area (Å²) in [5.41, 5.74) is 5.04. The molecule has 0 atom stereocenters. The topological polar surface area (TPSA) is 25.8 Å². The monoisotopic (exact) mass is 176 g/mol. The summed E-state index contributed by atoms with van der Waals surface area (Å²) in [4.78, 5) is 8.34. The second-order valence-electron chi connectivity index (χ2n) is 2.56. The van der Waals surface area contributed by atoms with Gasteiger partial charge in [0, 0.05) is 22.8 Å². The van der Waals surface area contributed by atoms with Gasteiger partial charge in [-0.05, 0) is 19.1 Å². The van der Waals surface area contributed by atoms with Gasteiger partial charge in [-0.1, -0.05) is 0 Å². The fourth-order valence-corrected chi connectivity index (χ4v) is 1.62. The maximum atomic E-state index is 4.22. The Morgan fingerprint density at radius 3 is 2.92 bits per heavy atom. The van der Waals surface area contributed by atoms with E-state index < -0.39 is 0 Å². The molecule has 2 aromatic heterocycles. The summed E-state index contributed by atoms with van der Waals surface area (Å²) in [5, 5.41) is 2.04. The lowest BCUT2D eigenvalue weighted by molar-refractivity contribution is 1.20. The molecule has 0 fully saturated rings. The van der Waals surface area contributed by atoms with E-state index in [1.165, 1.54) is 0 Å². The lowest BCUT2D eigenvalue weighted by atomic mass is 10.2. The summed E-state index contributed by atoms with van der Waals surface area (Å²) in [7, 11) is 0. The molecule has 0 N–H and O–H groups in total. The van der Waals surface area contributed by atoms with Gasteiger partial charge in [-0.25, -0.2) is 4.98 Å². The van der Waals surface area contributed by atoms with Gasteiger partial charge in [0.2, 0.25) is 0 Å². The molecule has 0 spiro atoms. The zero-order valence-corrected chi connectivity index (χ0v) is 7.51. The minimum absolute atomic E-state index is 1.03. The number of rotatable bonds is 1. The lowest BCUT2D eigenvalue weighted by Gasteiger charge is -1.96. The van der Waals surface area contributed by atoms with Gasteiger partial charge in [-0.2, -0.15) is 0 Å². The number of pyridine rings is 1. The number of thiazole rings is 1. The highest BCUT2D eigenvalue weighted by atomic mass is 32.1. The van der Waals surface area contributed by atoms with Crippen molar-refractivity contribution >= 4 is 11.3 Å². The SMILES string of the molecule is Cc1cc(-c2cscn2)ccn1. The molecule has 2 aromatic rings. The molecule has 0 bridgehead atoms. The molecular weight excluding hydrogens is 168 g/mol. The van der Waals surface area contributed by atoms with Crippen molar-refractivity contribution in [3.63, 3.8) is 0 Å². The van der Waals surface area contributed by atoms with E-state index in [2.05, 4.69) is 9.97 Å². The van der Waals surface area contributed by atoms with Crippen molar-refractivity contribution in [2.45, 2.75) is 6.92 Å². The Kier molecular flexibility index (Phi) is 1.87. The largest absolute Gasteiger partial charge is 0.262 e. The average molecular weight is 176 g/mol. The van der Waals surface area contributed by atoms with E-state index in [-0.39, 0.29) is 0 Å². The van der Waals surface area contributed by atoms with Crippen molar-refractivity contribution in [1.29, 1.82) is 0 Å². The molecule has 0 saturated heterocycles. The fourth-order valence-electron chi connectivity index (χ4n) is 1.06. The minimum Gasteiger partial charge on any atom is -0.262 e. The maximum absolute atomic E-state index is 4.22. The van der Waals surface area contributed by atoms with Crippen molar-refractivity contribution in [2.24, 2.45) is 0 Å². The molecule has 0 aliphatic rings.